The Hall–Kier alpha value is -3.99. The van der Waals surface area contributed by atoms with Gasteiger partial charge in [0, 0.05) is 39.0 Å². The number of phenolic OH excluding ortho intramolecular Hbond substituents is 1. The number of phenols is 1. The molecule has 0 aromatic heterocycles. The quantitative estimate of drug-likeness (QED) is 0.360. The number of piperazine rings is 1. The predicted molar refractivity (Wildman–Crippen MR) is 144 cm³/mol. The number of benzene rings is 2. The minimum absolute atomic E-state index is 0.0301. The number of rotatable bonds is 10. The summed E-state index contributed by atoms with van der Waals surface area (Å²) in [5.74, 6) is -2.18. The third-order valence-corrected chi connectivity index (χ3v) is 6.55. The Labute approximate surface area is 227 Å². The lowest BCUT2D eigenvalue weighted by molar-refractivity contribution is -0.137. The number of anilines is 1. The van der Waals surface area contributed by atoms with Crippen LogP contribution in [0.2, 0.25) is 0 Å². The first-order chi connectivity index (χ1) is 18.5. The molecule has 1 saturated heterocycles. The molecule has 11 heteroatoms. The number of carbonyl (C=O) groups excluding carboxylic acids is 4. The van der Waals surface area contributed by atoms with Crippen molar-refractivity contribution < 1.29 is 28.7 Å². The third-order valence-electron chi connectivity index (χ3n) is 6.55. The lowest BCUT2D eigenvalue weighted by Crippen LogP contribution is -2.54. The molecule has 2 aromatic rings. The number of likely N-dealkylation sites (N-methyl/N-ethyl adjacent to an activating group) is 1. The maximum Gasteiger partial charge on any atom is 0.246 e. The molecule has 210 valence electrons. The van der Waals surface area contributed by atoms with Gasteiger partial charge in [0.05, 0.1) is 12.1 Å². The van der Waals surface area contributed by atoms with E-state index in [-0.39, 0.29) is 42.5 Å². The molecule has 0 saturated carbocycles. The van der Waals surface area contributed by atoms with Crippen molar-refractivity contribution in [3.8, 4) is 5.75 Å². The summed E-state index contributed by atoms with van der Waals surface area (Å²) in [6.07, 6.45) is 0.287. The van der Waals surface area contributed by atoms with Crippen LogP contribution in [0.3, 0.4) is 0 Å². The van der Waals surface area contributed by atoms with Crippen LogP contribution in [-0.4, -0.2) is 83.8 Å². The van der Waals surface area contributed by atoms with Crippen LogP contribution in [-0.2, 0) is 32.0 Å². The molecule has 0 aliphatic carbocycles. The van der Waals surface area contributed by atoms with Crippen LogP contribution in [0, 0.1) is 5.82 Å². The normalized spacial score (nSPS) is 15.2. The molecule has 1 fully saturated rings. The summed E-state index contributed by atoms with van der Waals surface area (Å²) in [5, 5.41) is 17.3. The van der Waals surface area contributed by atoms with Crippen molar-refractivity contribution >= 4 is 29.3 Å². The van der Waals surface area contributed by atoms with Gasteiger partial charge < -0.3 is 30.9 Å². The van der Waals surface area contributed by atoms with Gasteiger partial charge in [-0.1, -0.05) is 25.1 Å². The summed E-state index contributed by atoms with van der Waals surface area (Å²) >= 11 is 0. The van der Waals surface area contributed by atoms with E-state index in [9.17, 15) is 28.7 Å². The Kier molecular flexibility index (Phi) is 10.4. The zero-order valence-electron chi connectivity index (χ0n) is 22.5. The zero-order valence-corrected chi connectivity index (χ0v) is 22.5. The van der Waals surface area contributed by atoms with Crippen LogP contribution in [0.4, 0.5) is 10.1 Å². The van der Waals surface area contributed by atoms with Crippen molar-refractivity contribution in [3.63, 3.8) is 0 Å². The molecule has 0 radical (unpaired) electrons. The monoisotopic (exact) mass is 541 g/mol. The van der Waals surface area contributed by atoms with E-state index in [4.69, 9.17) is 0 Å². The first kappa shape index (κ1) is 29.6. The van der Waals surface area contributed by atoms with Crippen LogP contribution in [0.1, 0.15) is 31.4 Å². The minimum Gasteiger partial charge on any atom is -0.508 e. The average molecular weight is 542 g/mol. The average Bonchev–Trinajstić information content (AvgIpc) is 2.89. The zero-order chi connectivity index (χ0) is 28.5. The number of hydrogen-bond donors (Lipinski definition) is 4. The van der Waals surface area contributed by atoms with E-state index in [0.717, 1.165) is 13.1 Å². The number of nitrogens with zero attached hydrogens (tertiary/aromatic N) is 2. The smallest absolute Gasteiger partial charge is 0.246 e. The Balaban J connectivity index is 1.61. The van der Waals surface area contributed by atoms with Crippen LogP contribution >= 0.6 is 0 Å². The van der Waals surface area contributed by atoms with Gasteiger partial charge in [0.15, 0.2) is 0 Å². The fourth-order valence-corrected chi connectivity index (χ4v) is 4.22. The number of amides is 4. The van der Waals surface area contributed by atoms with E-state index in [0.29, 0.717) is 24.2 Å². The summed E-state index contributed by atoms with van der Waals surface area (Å²) < 4.78 is 14.9. The summed E-state index contributed by atoms with van der Waals surface area (Å²) in [5.41, 5.74) is 1.00. The van der Waals surface area contributed by atoms with Gasteiger partial charge in [0.25, 0.3) is 0 Å². The Morgan fingerprint density at radius 3 is 2.33 bits per heavy atom. The Bertz CT molecular complexity index is 1200. The highest BCUT2D eigenvalue weighted by atomic mass is 19.1. The van der Waals surface area contributed by atoms with E-state index < -0.39 is 29.7 Å². The molecule has 4 amide bonds. The summed E-state index contributed by atoms with van der Waals surface area (Å²) in [6, 6.07) is 8.67. The van der Waals surface area contributed by atoms with Crippen molar-refractivity contribution in [1.82, 2.24) is 20.4 Å². The van der Waals surface area contributed by atoms with Gasteiger partial charge in [-0.15, -0.1) is 0 Å². The molecule has 2 atom stereocenters. The third kappa shape index (κ3) is 8.78. The first-order valence-electron chi connectivity index (χ1n) is 13.0. The number of halogens is 1. The van der Waals surface area contributed by atoms with Crippen molar-refractivity contribution in [2.45, 2.75) is 45.2 Å². The van der Waals surface area contributed by atoms with E-state index >= 15 is 0 Å². The van der Waals surface area contributed by atoms with Gasteiger partial charge in [-0.3, -0.25) is 19.2 Å². The molecular formula is C28H36FN5O5. The molecule has 10 nitrogen and oxygen atoms in total. The largest absolute Gasteiger partial charge is 0.508 e. The Morgan fingerprint density at radius 2 is 1.69 bits per heavy atom. The minimum atomic E-state index is -0.941. The predicted octanol–water partition coefficient (Wildman–Crippen LogP) is 1.43. The van der Waals surface area contributed by atoms with E-state index in [1.54, 1.807) is 30.0 Å². The van der Waals surface area contributed by atoms with E-state index in [2.05, 4.69) is 20.9 Å². The van der Waals surface area contributed by atoms with E-state index in [1.807, 2.05) is 7.05 Å². The molecule has 0 spiro atoms. The number of carbonyl (C=O) groups is 4. The van der Waals surface area contributed by atoms with Gasteiger partial charge in [-0.2, -0.15) is 0 Å². The van der Waals surface area contributed by atoms with Gasteiger partial charge in [-0.25, -0.2) is 4.39 Å². The SMILES string of the molecule is CCC(=O)N[C@H](Cc1ccc(NC(=O)[C@H](C)NC(=O)Cc2cccc(O)c2)c(F)c1)C(=O)N1CCN(C)CC1. The molecule has 0 bridgehead atoms. The summed E-state index contributed by atoms with van der Waals surface area (Å²) in [4.78, 5) is 53.9. The van der Waals surface area contributed by atoms with Gasteiger partial charge >= 0.3 is 0 Å². The molecule has 1 aliphatic rings. The topological polar surface area (TPSA) is 131 Å². The highest BCUT2D eigenvalue weighted by Gasteiger charge is 2.28. The molecule has 1 aliphatic heterocycles. The van der Waals surface area contributed by atoms with Crippen LogP contribution in [0.15, 0.2) is 42.5 Å². The second-order valence-corrected chi connectivity index (χ2v) is 9.75. The molecule has 0 unspecified atom stereocenters. The lowest BCUT2D eigenvalue weighted by Gasteiger charge is -2.34. The van der Waals surface area contributed by atoms with Crippen molar-refractivity contribution in [1.29, 1.82) is 0 Å². The molecule has 3 rings (SSSR count). The van der Waals surface area contributed by atoms with Crippen LogP contribution < -0.4 is 16.0 Å². The number of hydrogen-bond acceptors (Lipinski definition) is 6. The van der Waals surface area contributed by atoms with Crippen LogP contribution in [0.5, 0.6) is 5.75 Å². The van der Waals surface area contributed by atoms with Crippen LogP contribution in [0.25, 0.3) is 0 Å². The van der Waals surface area contributed by atoms with Gasteiger partial charge in [-0.05, 0) is 49.4 Å². The Morgan fingerprint density at radius 1 is 0.974 bits per heavy atom. The maximum absolute atomic E-state index is 14.9. The van der Waals surface area contributed by atoms with E-state index in [1.165, 1.54) is 31.2 Å². The fourth-order valence-electron chi connectivity index (χ4n) is 4.22. The summed E-state index contributed by atoms with van der Waals surface area (Å²) in [7, 11) is 1.98. The highest BCUT2D eigenvalue weighted by Crippen LogP contribution is 2.18. The number of nitrogens with one attached hydrogen (secondary N) is 3. The first-order valence-corrected chi connectivity index (χ1v) is 13.0. The molecule has 1 heterocycles. The number of aromatic hydroxyl groups is 1. The second kappa shape index (κ2) is 13.7. The van der Waals surface area contributed by atoms with Crippen molar-refractivity contribution in [2.24, 2.45) is 0 Å². The maximum atomic E-state index is 14.9. The van der Waals surface area contributed by atoms with Crippen molar-refractivity contribution in [3.05, 3.63) is 59.4 Å². The van der Waals surface area contributed by atoms with Gasteiger partial charge in [0.2, 0.25) is 23.6 Å². The molecule has 4 N–H and O–H groups in total. The molecule has 2 aromatic carbocycles. The summed E-state index contributed by atoms with van der Waals surface area (Å²) in [6.45, 7) is 5.74. The van der Waals surface area contributed by atoms with Gasteiger partial charge in [0.1, 0.15) is 23.7 Å². The molecular weight excluding hydrogens is 505 g/mol. The standard InChI is InChI=1S/C28H36FN5O5/c1-4-25(36)31-24(28(39)34-12-10-33(3)11-13-34)16-20-8-9-23(22(29)15-20)32-27(38)18(2)30-26(37)17-19-6-5-7-21(35)14-19/h5-9,14-15,18,24,35H,4,10-13,16-17H2,1-3H3,(H,30,37)(H,31,36)(H,32,38)/t18-,24+/m0/s1. The lowest BCUT2D eigenvalue weighted by atomic mass is 10.0. The van der Waals surface area contributed by atoms with Crippen molar-refractivity contribution in [2.75, 3.05) is 38.5 Å². The fraction of sp³-hybridized carbons (Fsp3) is 0.429. The second-order valence-electron chi connectivity index (χ2n) is 9.75. The molecule has 39 heavy (non-hydrogen) atoms. The highest BCUT2D eigenvalue weighted by molar-refractivity contribution is 5.97.